The molecule has 86 valence electrons. The maximum Gasteiger partial charge on any atom is 0.240 e. The normalized spacial score (nSPS) is 19.9. The average molecular weight is 238 g/mol. The number of benzene rings is 1. The summed E-state index contributed by atoms with van der Waals surface area (Å²) in [6.07, 6.45) is 2.42. The van der Waals surface area contributed by atoms with Crippen molar-refractivity contribution in [3.05, 3.63) is 41.7 Å². The second-order valence-corrected chi connectivity index (χ2v) is 4.86. The van der Waals surface area contributed by atoms with Crippen molar-refractivity contribution >= 4 is 11.1 Å². The summed E-state index contributed by atoms with van der Waals surface area (Å²) >= 11 is -1.42. The van der Waals surface area contributed by atoms with E-state index in [4.69, 9.17) is 8.92 Å². The van der Waals surface area contributed by atoms with Crippen LogP contribution in [-0.2, 0) is 20.0 Å². The van der Waals surface area contributed by atoms with E-state index >= 15 is 0 Å². The summed E-state index contributed by atoms with van der Waals surface area (Å²) < 4.78 is 22.1. The van der Waals surface area contributed by atoms with E-state index in [1.54, 1.807) is 6.26 Å². The van der Waals surface area contributed by atoms with Crippen molar-refractivity contribution in [2.24, 2.45) is 0 Å². The van der Waals surface area contributed by atoms with Crippen LogP contribution in [0.2, 0.25) is 0 Å². The summed E-state index contributed by atoms with van der Waals surface area (Å²) in [5, 5.41) is 0. The molecule has 1 aromatic carbocycles. The van der Waals surface area contributed by atoms with E-state index in [0.717, 1.165) is 24.2 Å². The SMILES string of the molecule is Cc1ccc(S(=O)O/C=C2/CCOC2)cc1. The zero-order valence-electron chi connectivity index (χ0n) is 9.14. The van der Waals surface area contributed by atoms with Crippen LogP contribution < -0.4 is 0 Å². The quantitative estimate of drug-likeness (QED) is 0.758. The topological polar surface area (TPSA) is 35.5 Å². The largest absolute Gasteiger partial charge is 0.405 e. The summed E-state index contributed by atoms with van der Waals surface area (Å²) in [4.78, 5) is 0.682. The van der Waals surface area contributed by atoms with Crippen molar-refractivity contribution in [2.45, 2.75) is 18.2 Å². The molecular formula is C12H14O3S. The Labute approximate surface area is 97.7 Å². The molecule has 4 heteroatoms. The Morgan fingerprint density at radius 2 is 2.12 bits per heavy atom. The molecule has 16 heavy (non-hydrogen) atoms. The van der Waals surface area contributed by atoms with Gasteiger partial charge in [0.15, 0.2) is 0 Å². The minimum Gasteiger partial charge on any atom is -0.405 e. The van der Waals surface area contributed by atoms with Gasteiger partial charge in [-0.25, -0.2) is 4.21 Å². The summed E-state index contributed by atoms with van der Waals surface area (Å²) in [5.74, 6) is 0. The number of hydrogen-bond donors (Lipinski definition) is 0. The molecule has 3 nitrogen and oxygen atoms in total. The summed E-state index contributed by atoms with van der Waals surface area (Å²) in [6.45, 7) is 3.31. The zero-order valence-corrected chi connectivity index (χ0v) is 9.96. The maximum absolute atomic E-state index is 11.7. The molecule has 0 N–H and O–H groups in total. The standard InChI is InChI=1S/C12H14O3S/c1-10-2-4-12(5-3-10)16(13)15-9-11-6-7-14-8-11/h2-5,9H,6-8H2,1H3/b11-9-. The lowest BCUT2D eigenvalue weighted by atomic mass is 10.2. The lowest BCUT2D eigenvalue weighted by molar-refractivity contribution is 0.204. The zero-order chi connectivity index (χ0) is 11.4. The highest BCUT2D eigenvalue weighted by atomic mass is 32.2. The fraction of sp³-hybridized carbons (Fsp3) is 0.333. The Morgan fingerprint density at radius 1 is 1.38 bits per heavy atom. The van der Waals surface area contributed by atoms with E-state index in [-0.39, 0.29) is 0 Å². The second kappa shape index (κ2) is 5.27. The predicted molar refractivity (Wildman–Crippen MR) is 62.2 cm³/mol. The van der Waals surface area contributed by atoms with Gasteiger partial charge in [0.1, 0.15) is 6.26 Å². The molecule has 1 unspecified atom stereocenters. The van der Waals surface area contributed by atoms with Crippen LogP contribution in [0.1, 0.15) is 12.0 Å². The molecule has 1 aromatic rings. The van der Waals surface area contributed by atoms with Gasteiger partial charge in [0, 0.05) is 0 Å². The second-order valence-electron chi connectivity index (χ2n) is 3.72. The monoisotopic (exact) mass is 238 g/mol. The average Bonchev–Trinajstić information content (AvgIpc) is 2.80. The van der Waals surface area contributed by atoms with Crippen LogP contribution in [-0.4, -0.2) is 17.4 Å². The fourth-order valence-electron chi connectivity index (χ4n) is 1.39. The Morgan fingerprint density at radius 3 is 2.75 bits per heavy atom. The van der Waals surface area contributed by atoms with Gasteiger partial charge in [-0.05, 0) is 31.1 Å². The molecule has 0 spiro atoms. The van der Waals surface area contributed by atoms with Gasteiger partial charge < -0.3 is 8.92 Å². The van der Waals surface area contributed by atoms with Crippen LogP contribution >= 0.6 is 0 Å². The van der Waals surface area contributed by atoms with Gasteiger partial charge in [0.2, 0.25) is 11.1 Å². The Balaban J connectivity index is 1.97. The smallest absolute Gasteiger partial charge is 0.240 e. The third kappa shape index (κ3) is 2.93. The van der Waals surface area contributed by atoms with Gasteiger partial charge in [-0.15, -0.1) is 0 Å². The van der Waals surface area contributed by atoms with Crippen LogP contribution in [0.5, 0.6) is 0 Å². The number of ether oxygens (including phenoxy) is 1. The van der Waals surface area contributed by atoms with Gasteiger partial charge in [0.25, 0.3) is 0 Å². The van der Waals surface area contributed by atoms with Crippen molar-refractivity contribution in [1.29, 1.82) is 0 Å². The van der Waals surface area contributed by atoms with Crippen molar-refractivity contribution < 1.29 is 13.1 Å². The maximum atomic E-state index is 11.7. The Bertz CT molecular complexity index is 401. The lowest BCUT2D eigenvalue weighted by Gasteiger charge is -2.01. The highest BCUT2D eigenvalue weighted by Gasteiger charge is 2.08. The molecule has 1 heterocycles. The minimum atomic E-state index is -1.42. The molecular weight excluding hydrogens is 224 g/mol. The van der Waals surface area contributed by atoms with E-state index in [1.165, 1.54) is 0 Å². The van der Waals surface area contributed by atoms with E-state index in [2.05, 4.69) is 0 Å². The minimum absolute atomic E-state index is 0.588. The molecule has 0 saturated carbocycles. The molecule has 0 radical (unpaired) electrons. The van der Waals surface area contributed by atoms with E-state index in [0.29, 0.717) is 11.5 Å². The van der Waals surface area contributed by atoms with Crippen LogP contribution in [0.4, 0.5) is 0 Å². The summed E-state index contributed by atoms with van der Waals surface area (Å²) in [5.41, 5.74) is 2.20. The van der Waals surface area contributed by atoms with Crippen LogP contribution in [0.25, 0.3) is 0 Å². The predicted octanol–water partition coefficient (Wildman–Crippen LogP) is 2.34. The van der Waals surface area contributed by atoms with Crippen molar-refractivity contribution in [2.75, 3.05) is 13.2 Å². The van der Waals surface area contributed by atoms with Crippen LogP contribution in [0.15, 0.2) is 41.0 Å². The molecule has 2 rings (SSSR count). The molecule has 1 aliphatic rings. The number of rotatable bonds is 3. The van der Waals surface area contributed by atoms with Crippen molar-refractivity contribution in [3.63, 3.8) is 0 Å². The first-order valence-corrected chi connectivity index (χ1v) is 6.24. The van der Waals surface area contributed by atoms with Gasteiger partial charge in [-0.2, -0.15) is 0 Å². The Kier molecular flexibility index (Phi) is 3.74. The molecule has 0 bridgehead atoms. The highest BCUT2D eigenvalue weighted by molar-refractivity contribution is 7.80. The first kappa shape index (κ1) is 11.4. The first-order chi connectivity index (χ1) is 7.75. The molecule has 1 fully saturated rings. The molecule has 0 aromatic heterocycles. The van der Waals surface area contributed by atoms with E-state index in [9.17, 15) is 4.21 Å². The molecule has 1 aliphatic heterocycles. The number of aryl methyl sites for hydroxylation is 1. The van der Waals surface area contributed by atoms with Gasteiger partial charge >= 0.3 is 0 Å². The molecule has 1 atom stereocenters. The van der Waals surface area contributed by atoms with Crippen molar-refractivity contribution in [3.8, 4) is 0 Å². The lowest BCUT2D eigenvalue weighted by Crippen LogP contribution is -1.94. The molecule has 1 saturated heterocycles. The highest BCUT2D eigenvalue weighted by Crippen LogP contribution is 2.14. The first-order valence-electron chi connectivity index (χ1n) is 5.17. The Hall–Kier alpha value is -1.13. The molecule has 0 aliphatic carbocycles. The number of hydrogen-bond acceptors (Lipinski definition) is 3. The summed E-state index contributed by atoms with van der Waals surface area (Å²) in [7, 11) is 0. The van der Waals surface area contributed by atoms with Crippen LogP contribution in [0.3, 0.4) is 0 Å². The fourth-order valence-corrected chi connectivity index (χ4v) is 2.08. The van der Waals surface area contributed by atoms with Gasteiger partial charge in [-0.1, -0.05) is 17.7 Å². The molecule has 0 amide bonds. The van der Waals surface area contributed by atoms with E-state index < -0.39 is 11.1 Å². The third-order valence-corrected chi connectivity index (χ3v) is 3.30. The van der Waals surface area contributed by atoms with Gasteiger partial charge in [0.05, 0.1) is 18.1 Å². The third-order valence-electron chi connectivity index (χ3n) is 2.37. The van der Waals surface area contributed by atoms with Gasteiger partial charge in [-0.3, -0.25) is 0 Å². The summed E-state index contributed by atoms with van der Waals surface area (Å²) in [6, 6.07) is 7.47. The van der Waals surface area contributed by atoms with Crippen molar-refractivity contribution in [1.82, 2.24) is 0 Å². The van der Waals surface area contributed by atoms with E-state index in [1.807, 2.05) is 31.2 Å². The van der Waals surface area contributed by atoms with Crippen LogP contribution in [0, 0.1) is 6.92 Å².